The van der Waals surface area contributed by atoms with Crippen LogP contribution >= 0.6 is 24.8 Å². The predicted octanol–water partition coefficient (Wildman–Crippen LogP) is 0.994. The van der Waals surface area contributed by atoms with Crippen LogP contribution in [0.4, 0.5) is 0 Å². The maximum absolute atomic E-state index is 5.32. The SMILES string of the molecule is Cc1cc(CNCCN2CCOCC2)n(C)n1.Cl.Cl. The molecule has 5 nitrogen and oxygen atoms in total. The molecule has 1 aliphatic heterocycles. The van der Waals surface area contributed by atoms with Gasteiger partial charge in [0.1, 0.15) is 0 Å². The fraction of sp³-hybridized carbons (Fsp3) is 0.750. The minimum atomic E-state index is 0. The van der Waals surface area contributed by atoms with Gasteiger partial charge in [-0.25, -0.2) is 0 Å². The van der Waals surface area contributed by atoms with Gasteiger partial charge in [-0.2, -0.15) is 5.10 Å². The molecule has 112 valence electrons. The van der Waals surface area contributed by atoms with E-state index in [4.69, 9.17) is 4.74 Å². The van der Waals surface area contributed by atoms with Crippen molar-refractivity contribution in [2.75, 3.05) is 39.4 Å². The van der Waals surface area contributed by atoms with E-state index in [-0.39, 0.29) is 24.8 Å². The van der Waals surface area contributed by atoms with Crippen LogP contribution in [0, 0.1) is 6.92 Å². The summed E-state index contributed by atoms with van der Waals surface area (Å²) in [4.78, 5) is 2.44. The van der Waals surface area contributed by atoms with Crippen molar-refractivity contribution in [2.45, 2.75) is 13.5 Å². The third kappa shape index (κ3) is 6.10. The highest BCUT2D eigenvalue weighted by Gasteiger charge is 2.09. The lowest BCUT2D eigenvalue weighted by molar-refractivity contribution is 0.0384. The van der Waals surface area contributed by atoms with Crippen molar-refractivity contribution >= 4 is 24.8 Å². The number of rotatable bonds is 5. The van der Waals surface area contributed by atoms with Crippen molar-refractivity contribution in [3.05, 3.63) is 17.5 Å². The topological polar surface area (TPSA) is 42.3 Å². The second-order valence-electron chi connectivity index (χ2n) is 4.53. The summed E-state index contributed by atoms with van der Waals surface area (Å²) in [7, 11) is 1.99. The van der Waals surface area contributed by atoms with Crippen LogP contribution in [0.25, 0.3) is 0 Å². The standard InChI is InChI=1S/C12H22N4O.2ClH/c1-11-9-12(15(2)14-11)10-13-3-4-16-5-7-17-8-6-16;;/h9,13H,3-8,10H2,1-2H3;2*1H. The first-order valence-electron chi connectivity index (χ1n) is 6.26. The van der Waals surface area contributed by atoms with Gasteiger partial charge in [-0.3, -0.25) is 9.58 Å². The highest BCUT2D eigenvalue weighted by molar-refractivity contribution is 5.85. The number of halogens is 2. The first-order valence-corrected chi connectivity index (χ1v) is 6.26. The van der Waals surface area contributed by atoms with Crippen LogP contribution < -0.4 is 5.32 Å². The van der Waals surface area contributed by atoms with Gasteiger partial charge in [0.15, 0.2) is 0 Å². The van der Waals surface area contributed by atoms with Crippen LogP contribution in [0.15, 0.2) is 6.07 Å². The van der Waals surface area contributed by atoms with Gasteiger partial charge in [0.05, 0.1) is 24.6 Å². The average Bonchev–Trinajstić information content (AvgIpc) is 2.65. The number of hydrogen-bond acceptors (Lipinski definition) is 4. The Morgan fingerprint density at radius 1 is 1.32 bits per heavy atom. The van der Waals surface area contributed by atoms with E-state index in [1.807, 2.05) is 18.7 Å². The number of nitrogens with zero attached hydrogens (tertiary/aromatic N) is 3. The third-order valence-electron chi connectivity index (χ3n) is 3.11. The van der Waals surface area contributed by atoms with Gasteiger partial charge >= 0.3 is 0 Å². The summed E-state index contributed by atoms with van der Waals surface area (Å²) >= 11 is 0. The summed E-state index contributed by atoms with van der Waals surface area (Å²) in [5.41, 5.74) is 2.32. The molecule has 0 radical (unpaired) electrons. The molecule has 1 aromatic heterocycles. The predicted molar refractivity (Wildman–Crippen MR) is 81.4 cm³/mol. The first-order chi connectivity index (χ1) is 8.25. The molecule has 19 heavy (non-hydrogen) atoms. The lowest BCUT2D eigenvalue weighted by Crippen LogP contribution is -2.40. The fourth-order valence-electron chi connectivity index (χ4n) is 2.11. The number of hydrogen-bond donors (Lipinski definition) is 1. The van der Waals surface area contributed by atoms with Crippen molar-refractivity contribution in [1.29, 1.82) is 0 Å². The van der Waals surface area contributed by atoms with Crippen LogP contribution in [-0.4, -0.2) is 54.1 Å². The molecule has 1 saturated heterocycles. The van der Waals surface area contributed by atoms with Crippen molar-refractivity contribution in [2.24, 2.45) is 7.05 Å². The molecule has 0 bridgehead atoms. The third-order valence-corrected chi connectivity index (χ3v) is 3.11. The smallest absolute Gasteiger partial charge is 0.0597 e. The van der Waals surface area contributed by atoms with Gasteiger partial charge in [0, 0.05) is 39.8 Å². The molecule has 1 fully saturated rings. The molecule has 0 spiro atoms. The lowest BCUT2D eigenvalue weighted by atomic mass is 10.3. The molecule has 2 rings (SSSR count). The molecule has 1 aromatic rings. The number of ether oxygens (including phenoxy) is 1. The summed E-state index contributed by atoms with van der Waals surface area (Å²) < 4.78 is 7.26. The second-order valence-corrected chi connectivity index (χ2v) is 4.53. The Morgan fingerprint density at radius 2 is 2.00 bits per heavy atom. The largest absolute Gasteiger partial charge is 0.379 e. The molecule has 0 amide bonds. The van der Waals surface area contributed by atoms with Crippen LogP contribution in [0.3, 0.4) is 0 Å². The van der Waals surface area contributed by atoms with E-state index in [9.17, 15) is 0 Å². The van der Waals surface area contributed by atoms with E-state index < -0.39 is 0 Å². The Balaban J connectivity index is 0.00000162. The molecule has 1 N–H and O–H groups in total. The lowest BCUT2D eigenvalue weighted by Gasteiger charge is -2.26. The van der Waals surface area contributed by atoms with Crippen molar-refractivity contribution in [1.82, 2.24) is 20.0 Å². The number of aryl methyl sites for hydroxylation is 2. The Morgan fingerprint density at radius 3 is 2.58 bits per heavy atom. The van der Waals surface area contributed by atoms with E-state index in [1.165, 1.54) is 5.69 Å². The van der Waals surface area contributed by atoms with E-state index in [0.29, 0.717) is 0 Å². The van der Waals surface area contributed by atoms with Gasteiger partial charge in [0.2, 0.25) is 0 Å². The van der Waals surface area contributed by atoms with E-state index in [0.717, 1.165) is 51.6 Å². The molecule has 0 saturated carbocycles. The molecule has 1 aliphatic rings. The van der Waals surface area contributed by atoms with Crippen molar-refractivity contribution in [3.63, 3.8) is 0 Å². The monoisotopic (exact) mass is 310 g/mol. The van der Waals surface area contributed by atoms with Crippen molar-refractivity contribution in [3.8, 4) is 0 Å². The minimum absolute atomic E-state index is 0. The number of morpholine rings is 1. The zero-order valence-electron chi connectivity index (χ0n) is 11.6. The van der Waals surface area contributed by atoms with Gasteiger partial charge in [-0.05, 0) is 13.0 Å². The van der Waals surface area contributed by atoms with Crippen LogP contribution in [0.1, 0.15) is 11.4 Å². The second kappa shape index (κ2) is 9.55. The van der Waals surface area contributed by atoms with E-state index in [2.05, 4.69) is 21.4 Å². The minimum Gasteiger partial charge on any atom is -0.379 e. The maximum Gasteiger partial charge on any atom is 0.0597 e. The summed E-state index contributed by atoms with van der Waals surface area (Å²) in [5, 5.41) is 7.79. The Bertz CT molecular complexity index is 353. The van der Waals surface area contributed by atoms with E-state index >= 15 is 0 Å². The Hall–Kier alpha value is -0.330. The Kier molecular flexibility index (Phi) is 9.39. The van der Waals surface area contributed by atoms with Crippen LogP contribution in [0.2, 0.25) is 0 Å². The van der Waals surface area contributed by atoms with Gasteiger partial charge in [0.25, 0.3) is 0 Å². The Labute approximate surface area is 127 Å². The summed E-state index contributed by atoms with van der Waals surface area (Å²) in [6.45, 7) is 8.91. The molecule has 0 atom stereocenters. The molecule has 0 aromatic carbocycles. The molecule has 2 heterocycles. The maximum atomic E-state index is 5.32. The van der Waals surface area contributed by atoms with Crippen molar-refractivity contribution < 1.29 is 4.74 Å². The average molecular weight is 311 g/mol. The normalized spacial score (nSPS) is 15.7. The summed E-state index contributed by atoms with van der Waals surface area (Å²) in [6.07, 6.45) is 0. The van der Waals surface area contributed by atoms with Gasteiger partial charge < -0.3 is 10.1 Å². The molecule has 0 aliphatic carbocycles. The van der Waals surface area contributed by atoms with E-state index in [1.54, 1.807) is 0 Å². The zero-order valence-corrected chi connectivity index (χ0v) is 13.2. The highest BCUT2D eigenvalue weighted by atomic mass is 35.5. The number of aromatic nitrogens is 2. The molecular weight excluding hydrogens is 287 g/mol. The van der Waals surface area contributed by atoms with Gasteiger partial charge in [-0.1, -0.05) is 0 Å². The molecule has 0 unspecified atom stereocenters. The van der Waals surface area contributed by atoms with Crippen LogP contribution in [-0.2, 0) is 18.3 Å². The highest BCUT2D eigenvalue weighted by Crippen LogP contribution is 2.01. The van der Waals surface area contributed by atoms with Crippen LogP contribution in [0.5, 0.6) is 0 Å². The van der Waals surface area contributed by atoms with Gasteiger partial charge in [-0.15, -0.1) is 24.8 Å². The molecular formula is C12H24Cl2N4O. The zero-order chi connectivity index (χ0) is 12.1. The summed E-state index contributed by atoms with van der Waals surface area (Å²) in [5.74, 6) is 0. The number of nitrogens with one attached hydrogen (secondary N) is 1. The fourth-order valence-corrected chi connectivity index (χ4v) is 2.11. The summed E-state index contributed by atoms with van der Waals surface area (Å²) in [6, 6.07) is 2.13. The first kappa shape index (κ1) is 18.7. The molecule has 7 heteroatoms. The quantitative estimate of drug-likeness (QED) is 0.824.